The van der Waals surface area contributed by atoms with Gasteiger partial charge in [-0.25, -0.2) is 0 Å². The van der Waals surface area contributed by atoms with Crippen molar-refractivity contribution in [3.8, 4) is 0 Å². The van der Waals surface area contributed by atoms with Gasteiger partial charge in [0.25, 0.3) is 0 Å². The zero-order valence-electron chi connectivity index (χ0n) is 17.6. The number of nitrogens with zero attached hydrogens (tertiary/aromatic N) is 1. The van der Waals surface area contributed by atoms with Crippen molar-refractivity contribution in [3.63, 3.8) is 0 Å². The van der Waals surface area contributed by atoms with Gasteiger partial charge in [0.1, 0.15) is 0 Å². The van der Waals surface area contributed by atoms with Crippen LogP contribution in [0.2, 0.25) is 0 Å². The number of carbonyl (C=O) groups is 1. The fourth-order valence-corrected chi connectivity index (χ4v) is 3.78. The molecule has 2 aromatic rings. The summed E-state index contributed by atoms with van der Waals surface area (Å²) in [5.74, 6) is 0.121. The molecule has 1 amide bonds. The van der Waals surface area contributed by atoms with Gasteiger partial charge in [-0.2, -0.15) is 0 Å². The van der Waals surface area contributed by atoms with E-state index in [1.807, 2.05) is 0 Å². The second-order valence-electron chi connectivity index (χ2n) is 8.98. The minimum absolute atomic E-state index is 0.121. The van der Waals surface area contributed by atoms with E-state index in [2.05, 4.69) is 79.5 Å². The maximum atomic E-state index is 12.4. The van der Waals surface area contributed by atoms with E-state index in [1.54, 1.807) is 0 Å². The number of amides is 1. The first-order valence-corrected chi connectivity index (χ1v) is 10.6. The highest BCUT2D eigenvalue weighted by atomic mass is 16.1. The van der Waals surface area contributed by atoms with Crippen LogP contribution in [0.25, 0.3) is 0 Å². The van der Waals surface area contributed by atoms with Crippen molar-refractivity contribution in [2.24, 2.45) is 0 Å². The number of hydrogen-bond acceptors (Lipinski definition) is 2. The van der Waals surface area contributed by atoms with E-state index >= 15 is 0 Å². The molecule has 0 saturated carbocycles. The Kier molecular flexibility index (Phi) is 6.90. The minimum Gasteiger partial charge on any atom is -0.352 e. The molecular weight excluding hydrogens is 344 g/mol. The topological polar surface area (TPSA) is 32.3 Å². The highest BCUT2D eigenvalue weighted by Crippen LogP contribution is 2.22. The SMILES string of the molecule is CC(C)(C)c1ccc(CCC(=O)NCc2ccccc2CN2CCCC2)cc1. The first kappa shape index (κ1) is 20.6. The van der Waals surface area contributed by atoms with Crippen LogP contribution in [-0.4, -0.2) is 23.9 Å². The van der Waals surface area contributed by atoms with E-state index in [4.69, 9.17) is 0 Å². The Morgan fingerprint density at radius 2 is 1.61 bits per heavy atom. The molecular formula is C25H34N2O. The first-order chi connectivity index (χ1) is 13.4. The van der Waals surface area contributed by atoms with E-state index in [9.17, 15) is 4.79 Å². The van der Waals surface area contributed by atoms with Crippen LogP contribution < -0.4 is 5.32 Å². The van der Waals surface area contributed by atoms with E-state index in [0.717, 1.165) is 13.0 Å². The second-order valence-corrected chi connectivity index (χ2v) is 8.98. The van der Waals surface area contributed by atoms with Gasteiger partial charge in [0, 0.05) is 19.5 Å². The molecule has 0 aliphatic carbocycles. The molecule has 3 nitrogen and oxygen atoms in total. The largest absolute Gasteiger partial charge is 0.352 e. The third-order valence-corrected chi connectivity index (χ3v) is 5.65. The summed E-state index contributed by atoms with van der Waals surface area (Å²) in [6.45, 7) is 10.6. The molecule has 1 N–H and O–H groups in total. The minimum atomic E-state index is 0.121. The van der Waals surface area contributed by atoms with Crippen LogP contribution in [0.15, 0.2) is 48.5 Å². The highest BCUT2D eigenvalue weighted by Gasteiger charge is 2.14. The predicted molar refractivity (Wildman–Crippen MR) is 116 cm³/mol. The molecule has 0 atom stereocenters. The molecule has 1 saturated heterocycles. The fourth-order valence-electron chi connectivity index (χ4n) is 3.78. The average molecular weight is 379 g/mol. The summed E-state index contributed by atoms with van der Waals surface area (Å²) in [5.41, 5.74) is 5.28. The van der Waals surface area contributed by atoms with Gasteiger partial charge in [0.2, 0.25) is 5.91 Å². The van der Waals surface area contributed by atoms with E-state index in [0.29, 0.717) is 13.0 Å². The van der Waals surface area contributed by atoms with E-state index in [1.165, 1.54) is 48.2 Å². The monoisotopic (exact) mass is 378 g/mol. The molecule has 3 heteroatoms. The molecule has 28 heavy (non-hydrogen) atoms. The molecule has 1 fully saturated rings. The number of nitrogens with one attached hydrogen (secondary N) is 1. The number of likely N-dealkylation sites (tertiary alicyclic amines) is 1. The normalized spacial score (nSPS) is 15.0. The molecule has 1 aliphatic rings. The lowest BCUT2D eigenvalue weighted by molar-refractivity contribution is -0.121. The summed E-state index contributed by atoms with van der Waals surface area (Å²) in [4.78, 5) is 14.9. The molecule has 1 aliphatic heterocycles. The summed E-state index contributed by atoms with van der Waals surface area (Å²) in [5, 5.41) is 3.11. The predicted octanol–water partition coefficient (Wildman–Crippen LogP) is 4.83. The van der Waals surface area contributed by atoms with Gasteiger partial charge in [-0.1, -0.05) is 69.3 Å². The molecule has 3 rings (SSSR count). The molecule has 1 heterocycles. The molecule has 0 radical (unpaired) electrons. The van der Waals surface area contributed by atoms with Crippen LogP contribution in [0, 0.1) is 0 Å². The third kappa shape index (κ3) is 5.93. The van der Waals surface area contributed by atoms with Gasteiger partial charge in [0.15, 0.2) is 0 Å². The molecule has 0 aromatic heterocycles. The number of carbonyl (C=O) groups excluding carboxylic acids is 1. The van der Waals surface area contributed by atoms with E-state index < -0.39 is 0 Å². The summed E-state index contributed by atoms with van der Waals surface area (Å²) in [7, 11) is 0. The van der Waals surface area contributed by atoms with Gasteiger partial charge >= 0.3 is 0 Å². The van der Waals surface area contributed by atoms with Crippen molar-refractivity contribution in [2.75, 3.05) is 13.1 Å². The molecule has 150 valence electrons. The standard InChI is InChI=1S/C25H34N2O/c1-25(2,3)23-13-10-20(11-14-23)12-15-24(28)26-18-21-8-4-5-9-22(21)19-27-16-6-7-17-27/h4-5,8-11,13-14H,6-7,12,15-19H2,1-3H3,(H,26,28). The average Bonchev–Trinajstić information content (AvgIpc) is 3.18. The zero-order chi connectivity index (χ0) is 20.0. The summed E-state index contributed by atoms with van der Waals surface area (Å²) in [6.07, 6.45) is 3.92. The van der Waals surface area contributed by atoms with Crippen molar-refractivity contribution < 1.29 is 4.79 Å². The van der Waals surface area contributed by atoms with Crippen LogP contribution >= 0.6 is 0 Å². The fraction of sp³-hybridized carbons (Fsp3) is 0.480. The Morgan fingerprint density at radius 1 is 0.964 bits per heavy atom. The Hall–Kier alpha value is -2.13. The number of aryl methyl sites for hydroxylation is 1. The molecule has 0 bridgehead atoms. The summed E-state index contributed by atoms with van der Waals surface area (Å²) in [6, 6.07) is 17.2. The van der Waals surface area contributed by atoms with Gasteiger partial charge < -0.3 is 5.32 Å². The van der Waals surface area contributed by atoms with Crippen LogP contribution in [0.1, 0.15) is 62.3 Å². The lowest BCUT2D eigenvalue weighted by Gasteiger charge is -2.19. The first-order valence-electron chi connectivity index (χ1n) is 10.6. The van der Waals surface area contributed by atoms with Crippen LogP contribution in [-0.2, 0) is 29.7 Å². The Morgan fingerprint density at radius 3 is 2.25 bits per heavy atom. The van der Waals surface area contributed by atoms with Gasteiger partial charge in [0.05, 0.1) is 0 Å². The van der Waals surface area contributed by atoms with Crippen LogP contribution in [0.4, 0.5) is 0 Å². The Balaban J connectivity index is 1.48. The summed E-state index contributed by atoms with van der Waals surface area (Å²) >= 11 is 0. The molecule has 2 aromatic carbocycles. The van der Waals surface area contributed by atoms with Crippen molar-refractivity contribution in [3.05, 3.63) is 70.8 Å². The number of rotatable bonds is 7. The van der Waals surface area contributed by atoms with Gasteiger partial charge in [-0.15, -0.1) is 0 Å². The molecule has 0 unspecified atom stereocenters. The maximum Gasteiger partial charge on any atom is 0.220 e. The highest BCUT2D eigenvalue weighted by molar-refractivity contribution is 5.76. The van der Waals surface area contributed by atoms with Crippen molar-refractivity contribution in [1.82, 2.24) is 10.2 Å². The summed E-state index contributed by atoms with van der Waals surface area (Å²) < 4.78 is 0. The lowest BCUT2D eigenvalue weighted by Crippen LogP contribution is -2.25. The smallest absolute Gasteiger partial charge is 0.220 e. The zero-order valence-corrected chi connectivity index (χ0v) is 17.6. The van der Waals surface area contributed by atoms with Crippen molar-refractivity contribution in [2.45, 2.75) is 65.0 Å². The Bertz CT molecular complexity index is 768. The third-order valence-electron chi connectivity index (χ3n) is 5.65. The quantitative estimate of drug-likeness (QED) is 0.748. The molecule has 0 spiro atoms. The maximum absolute atomic E-state index is 12.4. The van der Waals surface area contributed by atoms with E-state index in [-0.39, 0.29) is 11.3 Å². The second kappa shape index (κ2) is 9.38. The number of hydrogen-bond donors (Lipinski definition) is 1. The van der Waals surface area contributed by atoms with Crippen molar-refractivity contribution in [1.29, 1.82) is 0 Å². The van der Waals surface area contributed by atoms with Crippen LogP contribution in [0.5, 0.6) is 0 Å². The Labute approximate surface area is 170 Å². The van der Waals surface area contributed by atoms with Gasteiger partial charge in [-0.3, -0.25) is 9.69 Å². The lowest BCUT2D eigenvalue weighted by atomic mass is 9.86. The number of benzene rings is 2. The van der Waals surface area contributed by atoms with Crippen LogP contribution in [0.3, 0.4) is 0 Å². The van der Waals surface area contributed by atoms with Crippen molar-refractivity contribution >= 4 is 5.91 Å². The van der Waals surface area contributed by atoms with Gasteiger partial charge in [-0.05, 0) is 60.0 Å².